The Labute approximate surface area is 182 Å². The van der Waals surface area contributed by atoms with Crippen molar-refractivity contribution in [2.45, 2.75) is 57.8 Å². The average molecular weight is 424 g/mol. The van der Waals surface area contributed by atoms with Crippen LogP contribution in [-0.4, -0.2) is 52.8 Å². The van der Waals surface area contributed by atoms with Crippen molar-refractivity contribution in [2.75, 3.05) is 13.7 Å². The lowest BCUT2D eigenvalue weighted by molar-refractivity contribution is -0.145. The lowest BCUT2D eigenvalue weighted by Crippen LogP contribution is -2.45. The maximum absolute atomic E-state index is 12.9. The average Bonchev–Trinajstić information content (AvgIpc) is 2.96. The largest absolute Gasteiger partial charge is 0.482 e. The molecule has 31 heavy (non-hydrogen) atoms. The minimum Gasteiger partial charge on any atom is -0.482 e. The summed E-state index contributed by atoms with van der Waals surface area (Å²) in [5, 5.41) is 1.00. The molecule has 2 atom stereocenters. The van der Waals surface area contributed by atoms with Gasteiger partial charge in [0.1, 0.15) is 23.0 Å². The van der Waals surface area contributed by atoms with Crippen LogP contribution in [0.1, 0.15) is 44.9 Å². The van der Waals surface area contributed by atoms with Crippen molar-refractivity contribution in [3.8, 4) is 5.75 Å². The van der Waals surface area contributed by atoms with E-state index in [2.05, 4.69) is 0 Å². The number of ether oxygens (including phenoxy) is 3. The number of esters is 1. The first-order chi connectivity index (χ1) is 14.6. The molecule has 7 nitrogen and oxygen atoms in total. The smallest absolute Gasteiger partial charge is 0.411 e. The number of likely N-dealkylation sites (tertiary alicyclic amines) is 1. The van der Waals surface area contributed by atoms with Crippen molar-refractivity contribution in [3.63, 3.8) is 0 Å². The van der Waals surface area contributed by atoms with Crippen molar-refractivity contribution < 1.29 is 23.8 Å². The molecule has 2 aliphatic rings. The van der Waals surface area contributed by atoms with Crippen LogP contribution in [-0.2, 0) is 14.3 Å². The molecule has 2 aliphatic heterocycles. The summed E-state index contributed by atoms with van der Waals surface area (Å²) in [5.41, 5.74) is 1.18. The van der Waals surface area contributed by atoms with E-state index in [4.69, 9.17) is 19.2 Å². The monoisotopic (exact) mass is 424 g/mol. The molecule has 1 aromatic heterocycles. The molecule has 1 fully saturated rings. The fraction of sp³-hybridized carbons (Fsp3) is 0.458. The molecule has 2 aromatic rings. The van der Waals surface area contributed by atoms with E-state index >= 15 is 0 Å². The molecule has 1 saturated heterocycles. The van der Waals surface area contributed by atoms with Gasteiger partial charge >= 0.3 is 12.1 Å². The van der Waals surface area contributed by atoms with Crippen molar-refractivity contribution in [1.29, 1.82) is 0 Å². The van der Waals surface area contributed by atoms with E-state index in [-0.39, 0.29) is 6.54 Å². The molecule has 164 valence electrons. The minimum atomic E-state index is -0.775. The first-order valence-electron chi connectivity index (χ1n) is 10.4. The van der Waals surface area contributed by atoms with Crippen LogP contribution in [0.5, 0.6) is 5.75 Å². The molecular formula is C24H28N2O5. The summed E-state index contributed by atoms with van der Waals surface area (Å²) in [6, 6.07) is 7.15. The highest BCUT2D eigenvalue weighted by Crippen LogP contribution is 2.42. The SMILES string of the molecule is COC(=O)C1CC2(CC=Cc3c(c(C)nc4ccccc34)O2)CN1C(=O)OC(C)(C)C. The van der Waals surface area contributed by atoms with Crippen LogP contribution in [0, 0.1) is 6.92 Å². The molecule has 1 aromatic carbocycles. The third-order valence-electron chi connectivity index (χ3n) is 5.65. The Kier molecular flexibility index (Phi) is 5.15. The predicted molar refractivity (Wildman–Crippen MR) is 117 cm³/mol. The number of nitrogens with zero attached hydrogens (tertiary/aromatic N) is 2. The van der Waals surface area contributed by atoms with Gasteiger partial charge in [0.15, 0.2) is 0 Å². The van der Waals surface area contributed by atoms with Gasteiger partial charge in [0.2, 0.25) is 0 Å². The number of benzene rings is 1. The van der Waals surface area contributed by atoms with E-state index in [1.54, 1.807) is 20.8 Å². The number of hydrogen-bond donors (Lipinski definition) is 0. The number of hydrogen-bond acceptors (Lipinski definition) is 6. The van der Waals surface area contributed by atoms with Crippen LogP contribution in [0.2, 0.25) is 0 Å². The molecule has 0 bridgehead atoms. The topological polar surface area (TPSA) is 78.0 Å². The van der Waals surface area contributed by atoms with Crippen LogP contribution in [0.25, 0.3) is 17.0 Å². The molecule has 2 unspecified atom stereocenters. The quantitative estimate of drug-likeness (QED) is 0.637. The molecule has 7 heteroatoms. The highest BCUT2D eigenvalue weighted by atomic mass is 16.6. The van der Waals surface area contributed by atoms with Crippen molar-refractivity contribution >= 4 is 29.0 Å². The van der Waals surface area contributed by atoms with Crippen LogP contribution < -0.4 is 4.74 Å². The first-order valence-corrected chi connectivity index (χ1v) is 10.4. The normalized spacial score (nSPS) is 22.7. The highest BCUT2D eigenvalue weighted by Gasteiger charge is 2.52. The summed E-state index contributed by atoms with van der Waals surface area (Å²) in [7, 11) is 1.32. The molecule has 0 aliphatic carbocycles. The summed E-state index contributed by atoms with van der Waals surface area (Å²) in [6.45, 7) is 7.52. The lowest BCUT2D eigenvalue weighted by atomic mass is 9.96. The number of aromatic nitrogens is 1. The van der Waals surface area contributed by atoms with Gasteiger partial charge in [-0.25, -0.2) is 14.6 Å². The predicted octanol–water partition coefficient (Wildman–Crippen LogP) is 4.26. The van der Waals surface area contributed by atoms with Crippen LogP contribution in [0.15, 0.2) is 30.3 Å². The standard InChI is InChI=1S/C24H28N2O5/c1-15-20-17(16-9-6-7-11-18(16)25-15)10-8-12-24(30-20)13-19(21(27)29-5)26(14-24)22(28)31-23(2,3)4/h6-11,19H,12-14H2,1-5H3. The summed E-state index contributed by atoms with van der Waals surface area (Å²) in [4.78, 5) is 31.6. The number of para-hydroxylation sites is 1. The first kappa shape index (κ1) is 21.2. The fourth-order valence-electron chi connectivity index (χ4n) is 4.32. The number of amides is 1. The number of rotatable bonds is 1. The van der Waals surface area contributed by atoms with E-state index < -0.39 is 29.3 Å². The fourth-order valence-corrected chi connectivity index (χ4v) is 4.32. The van der Waals surface area contributed by atoms with Crippen LogP contribution in [0.3, 0.4) is 0 Å². The van der Waals surface area contributed by atoms with Gasteiger partial charge in [0, 0.05) is 23.8 Å². The van der Waals surface area contributed by atoms with E-state index in [1.165, 1.54) is 12.0 Å². The number of carbonyl (C=O) groups is 2. The van der Waals surface area contributed by atoms with E-state index in [0.29, 0.717) is 18.6 Å². The van der Waals surface area contributed by atoms with Gasteiger partial charge in [-0.1, -0.05) is 30.4 Å². The molecular weight excluding hydrogens is 396 g/mol. The second-order valence-electron chi connectivity index (χ2n) is 9.20. The molecule has 1 amide bonds. The third-order valence-corrected chi connectivity index (χ3v) is 5.65. The molecule has 1 spiro atoms. The third kappa shape index (κ3) is 3.96. The summed E-state index contributed by atoms with van der Waals surface area (Å²) in [5.74, 6) is 0.204. The van der Waals surface area contributed by atoms with Gasteiger partial charge in [-0.15, -0.1) is 0 Å². The zero-order valence-electron chi connectivity index (χ0n) is 18.6. The number of methoxy groups -OCH3 is 1. The van der Waals surface area contributed by atoms with E-state index in [1.807, 2.05) is 43.3 Å². The summed E-state index contributed by atoms with van der Waals surface area (Å²) in [6.07, 6.45) is 4.40. The Morgan fingerprint density at radius 3 is 2.71 bits per heavy atom. The zero-order chi connectivity index (χ0) is 22.4. The number of pyridine rings is 1. The second kappa shape index (κ2) is 7.55. The van der Waals surface area contributed by atoms with Gasteiger partial charge in [-0.2, -0.15) is 0 Å². The maximum atomic E-state index is 12.9. The Hall–Kier alpha value is -3.09. The van der Waals surface area contributed by atoms with Gasteiger partial charge in [0.05, 0.1) is 24.9 Å². The number of aryl methyl sites for hydroxylation is 1. The Balaban J connectivity index is 1.73. The van der Waals surface area contributed by atoms with Gasteiger partial charge in [-0.05, 0) is 33.8 Å². The molecule has 4 rings (SSSR count). The van der Waals surface area contributed by atoms with Gasteiger partial charge < -0.3 is 14.2 Å². The van der Waals surface area contributed by atoms with Crippen LogP contribution >= 0.6 is 0 Å². The van der Waals surface area contributed by atoms with E-state index in [9.17, 15) is 9.59 Å². The molecule has 0 saturated carbocycles. The number of carbonyl (C=O) groups excluding carboxylic acids is 2. The Morgan fingerprint density at radius 1 is 1.26 bits per heavy atom. The summed E-state index contributed by atoms with van der Waals surface area (Å²) >= 11 is 0. The molecule has 0 radical (unpaired) electrons. The second-order valence-corrected chi connectivity index (χ2v) is 9.20. The van der Waals surface area contributed by atoms with Crippen molar-refractivity contribution in [2.24, 2.45) is 0 Å². The van der Waals surface area contributed by atoms with Crippen molar-refractivity contribution in [1.82, 2.24) is 9.88 Å². The maximum Gasteiger partial charge on any atom is 0.411 e. The van der Waals surface area contributed by atoms with E-state index in [0.717, 1.165) is 22.2 Å². The summed E-state index contributed by atoms with van der Waals surface area (Å²) < 4.78 is 17.1. The van der Waals surface area contributed by atoms with Crippen LogP contribution in [0.4, 0.5) is 4.79 Å². The Morgan fingerprint density at radius 2 is 2.00 bits per heavy atom. The van der Waals surface area contributed by atoms with Crippen molar-refractivity contribution in [3.05, 3.63) is 41.6 Å². The van der Waals surface area contributed by atoms with Gasteiger partial charge in [-0.3, -0.25) is 4.90 Å². The highest BCUT2D eigenvalue weighted by molar-refractivity contribution is 5.91. The molecule has 3 heterocycles. The number of fused-ring (bicyclic) bond motifs is 3. The van der Waals surface area contributed by atoms with Gasteiger partial charge in [0.25, 0.3) is 0 Å². The Bertz CT molecular complexity index is 1070. The minimum absolute atomic E-state index is 0.220. The molecule has 0 N–H and O–H groups in total. The lowest BCUT2D eigenvalue weighted by Gasteiger charge is -2.30. The zero-order valence-corrected chi connectivity index (χ0v) is 18.6.